The fourth-order valence-corrected chi connectivity index (χ4v) is 1.04. The fourth-order valence-electron chi connectivity index (χ4n) is 1.04. The maximum absolute atomic E-state index is 9.21. The summed E-state index contributed by atoms with van der Waals surface area (Å²) in [5.74, 6) is 0.909. The molecule has 14 heavy (non-hydrogen) atoms. The first kappa shape index (κ1) is 13.1. The second-order valence-electron chi connectivity index (χ2n) is 2.60. The van der Waals surface area contributed by atoms with Crippen molar-refractivity contribution < 1.29 is 9.84 Å². The van der Waals surface area contributed by atoms with E-state index in [0.29, 0.717) is 18.8 Å². The number of hydrogen-bond donors (Lipinski definition) is 3. The molecule has 80 valence electrons. The minimum absolute atomic E-state index is 0. The van der Waals surface area contributed by atoms with Crippen LogP contribution in [0.1, 0.15) is 0 Å². The Balaban J connectivity index is 0.00000169. The number of halogens is 1. The third-order valence-electron chi connectivity index (χ3n) is 1.64. The Kier molecular flexibility index (Phi) is 6.07. The van der Waals surface area contributed by atoms with Gasteiger partial charge >= 0.3 is 0 Å². The summed E-state index contributed by atoms with van der Waals surface area (Å²) in [6, 6.07) is 4.88. The number of hydrogen-bond acceptors (Lipinski definition) is 4. The number of methoxy groups -OCH3 is 1. The monoisotopic (exact) mass is 262 g/mol. The van der Waals surface area contributed by atoms with Crippen molar-refractivity contribution >= 4 is 22.7 Å². The van der Waals surface area contributed by atoms with Crippen LogP contribution >= 0.6 is 17.0 Å². The predicted octanol–water partition coefficient (Wildman–Crippen LogP) is 1.35. The minimum Gasteiger partial charge on any atom is -0.508 e. The molecular formula is C9H15BrN2O2. The number of phenolic OH excluding ortho intramolecular Hbond substituents is 1. The van der Waals surface area contributed by atoms with Gasteiger partial charge in [-0.05, 0) is 12.1 Å². The number of anilines is 1. The smallest absolute Gasteiger partial charge is 0.142 e. The Morgan fingerprint density at radius 3 is 2.79 bits per heavy atom. The summed E-state index contributed by atoms with van der Waals surface area (Å²) in [6.45, 7) is 1.19. The average Bonchev–Trinajstić information content (AvgIpc) is 2.15. The topological polar surface area (TPSA) is 67.5 Å². The molecule has 1 rings (SSSR count). The summed E-state index contributed by atoms with van der Waals surface area (Å²) in [5.41, 5.74) is 6.10. The van der Waals surface area contributed by atoms with E-state index >= 15 is 0 Å². The lowest BCUT2D eigenvalue weighted by Gasteiger charge is -2.10. The van der Waals surface area contributed by atoms with Crippen molar-refractivity contribution in [3.05, 3.63) is 18.2 Å². The number of phenols is 1. The van der Waals surface area contributed by atoms with Crippen LogP contribution < -0.4 is 15.8 Å². The van der Waals surface area contributed by atoms with Crippen LogP contribution in [0.4, 0.5) is 5.69 Å². The predicted molar refractivity (Wildman–Crippen MR) is 62.5 cm³/mol. The van der Waals surface area contributed by atoms with Crippen LogP contribution in [-0.4, -0.2) is 25.3 Å². The Bertz CT molecular complexity index is 282. The third-order valence-corrected chi connectivity index (χ3v) is 1.64. The molecule has 0 bridgehead atoms. The van der Waals surface area contributed by atoms with Crippen molar-refractivity contribution in [2.45, 2.75) is 0 Å². The molecule has 1 aromatic carbocycles. The Labute approximate surface area is 93.8 Å². The maximum atomic E-state index is 9.21. The van der Waals surface area contributed by atoms with Crippen LogP contribution in [-0.2, 0) is 0 Å². The van der Waals surface area contributed by atoms with Crippen LogP contribution in [0.3, 0.4) is 0 Å². The highest BCUT2D eigenvalue weighted by molar-refractivity contribution is 8.93. The molecule has 0 fully saturated rings. The number of benzene rings is 1. The second-order valence-corrected chi connectivity index (χ2v) is 2.60. The molecule has 4 nitrogen and oxygen atoms in total. The largest absolute Gasteiger partial charge is 0.508 e. The molecule has 5 heteroatoms. The van der Waals surface area contributed by atoms with Crippen molar-refractivity contribution in [3.63, 3.8) is 0 Å². The van der Waals surface area contributed by atoms with Gasteiger partial charge in [0.1, 0.15) is 11.5 Å². The zero-order valence-electron chi connectivity index (χ0n) is 7.99. The van der Waals surface area contributed by atoms with E-state index in [1.165, 1.54) is 0 Å². The first-order valence-electron chi connectivity index (χ1n) is 4.09. The molecule has 0 aromatic heterocycles. The van der Waals surface area contributed by atoms with Crippen molar-refractivity contribution in [1.82, 2.24) is 0 Å². The van der Waals surface area contributed by atoms with E-state index in [4.69, 9.17) is 10.5 Å². The minimum atomic E-state index is 0. The van der Waals surface area contributed by atoms with Gasteiger partial charge in [-0.2, -0.15) is 0 Å². The number of nitrogens with two attached hydrogens (primary N) is 1. The molecular weight excluding hydrogens is 248 g/mol. The average molecular weight is 263 g/mol. The summed E-state index contributed by atoms with van der Waals surface area (Å²) >= 11 is 0. The number of aromatic hydroxyl groups is 1. The lowest BCUT2D eigenvalue weighted by atomic mass is 10.2. The van der Waals surface area contributed by atoms with E-state index in [1.807, 2.05) is 0 Å². The van der Waals surface area contributed by atoms with Gasteiger partial charge in [-0.15, -0.1) is 17.0 Å². The van der Waals surface area contributed by atoms with E-state index in [1.54, 1.807) is 25.3 Å². The van der Waals surface area contributed by atoms with Gasteiger partial charge in [0.05, 0.1) is 12.8 Å². The summed E-state index contributed by atoms with van der Waals surface area (Å²) < 4.78 is 5.08. The number of ether oxygens (including phenoxy) is 1. The van der Waals surface area contributed by atoms with Gasteiger partial charge in [0.25, 0.3) is 0 Å². The molecule has 0 saturated heterocycles. The van der Waals surface area contributed by atoms with E-state index in [-0.39, 0.29) is 22.7 Å². The molecule has 0 aliphatic rings. The summed E-state index contributed by atoms with van der Waals surface area (Å²) in [6.07, 6.45) is 0. The van der Waals surface area contributed by atoms with Crippen LogP contribution in [0, 0.1) is 0 Å². The van der Waals surface area contributed by atoms with E-state index in [9.17, 15) is 5.11 Å². The summed E-state index contributed by atoms with van der Waals surface area (Å²) in [5, 5.41) is 12.3. The standard InChI is InChI=1S/C9H14N2O2.BrH/c1-13-9-3-2-7(12)6-8(9)11-5-4-10;/h2-3,6,11-12H,4-5,10H2,1H3;1H. The molecule has 0 atom stereocenters. The molecule has 0 saturated carbocycles. The van der Waals surface area contributed by atoms with Crippen molar-refractivity contribution in [3.8, 4) is 11.5 Å². The quantitative estimate of drug-likeness (QED) is 0.767. The van der Waals surface area contributed by atoms with Crippen molar-refractivity contribution in [1.29, 1.82) is 0 Å². The van der Waals surface area contributed by atoms with Gasteiger partial charge in [0.2, 0.25) is 0 Å². The number of rotatable bonds is 4. The van der Waals surface area contributed by atoms with E-state index in [0.717, 1.165) is 5.69 Å². The van der Waals surface area contributed by atoms with Gasteiger partial charge in [-0.25, -0.2) is 0 Å². The highest BCUT2D eigenvalue weighted by Crippen LogP contribution is 2.27. The molecule has 4 N–H and O–H groups in total. The highest BCUT2D eigenvalue weighted by Gasteiger charge is 2.01. The normalized spacial score (nSPS) is 9.00. The zero-order valence-corrected chi connectivity index (χ0v) is 9.70. The van der Waals surface area contributed by atoms with Crippen LogP contribution in [0.15, 0.2) is 18.2 Å². The van der Waals surface area contributed by atoms with Crippen LogP contribution in [0.5, 0.6) is 11.5 Å². The van der Waals surface area contributed by atoms with Gasteiger partial charge in [0, 0.05) is 19.2 Å². The first-order valence-corrected chi connectivity index (χ1v) is 4.09. The molecule has 0 aliphatic carbocycles. The zero-order chi connectivity index (χ0) is 9.68. The molecule has 0 radical (unpaired) electrons. The van der Waals surface area contributed by atoms with Crippen LogP contribution in [0.2, 0.25) is 0 Å². The van der Waals surface area contributed by atoms with Crippen LogP contribution in [0.25, 0.3) is 0 Å². The molecule has 0 unspecified atom stereocenters. The Morgan fingerprint density at radius 1 is 1.50 bits per heavy atom. The third kappa shape index (κ3) is 3.43. The van der Waals surface area contributed by atoms with Crippen molar-refractivity contribution in [2.24, 2.45) is 5.73 Å². The Hall–Kier alpha value is -0.940. The van der Waals surface area contributed by atoms with Crippen molar-refractivity contribution in [2.75, 3.05) is 25.5 Å². The summed E-state index contributed by atoms with van der Waals surface area (Å²) in [4.78, 5) is 0. The SMILES string of the molecule is Br.COc1ccc(O)cc1NCCN. The van der Waals surface area contributed by atoms with Gasteiger partial charge in [-0.1, -0.05) is 0 Å². The highest BCUT2D eigenvalue weighted by atomic mass is 79.9. The van der Waals surface area contributed by atoms with E-state index < -0.39 is 0 Å². The molecule has 1 aromatic rings. The lowest BCUT2D eigenvalue weighted by molar-refractivity contribution is 0.414. The van der Waals surface area contributed by atoms with E-state index in [2.05, 4.69) is 5.32 Å². The molecule has 0 spiro atoms. The van der Waals surface area contributed by atoms with Gasteiger partial charge in [-0.3, -0.25) is 0 Å². The first-order chi connectivity index (χ1) is 6.27. The molecule has 0 aliphatic heterocycles. The lowest BCUT2D eigenvalue weighted by Crippen LogP contribution is -2.13. The molecule has 0 amide bonds. The Morgan fingerprint density at radius 2 is 2.21 bits per heavy atom. The fraction of sp³-hybridized carbons (Fsp3) is 0.333. The van der Waals surface area contributed by atoms with Gasteiger partial charge < -0.3 is 20.9 Å². The summed E-state index contributed by atoms with van der Waals surface area (Å²) in [7, 11) is 1.58. The number of nitrogens with one attached hydrogen (secondary N) is 1. The van der Waals surface area contributed by atoms with Gasteiger partial charge in [0.15, 0.2) is 0 Å². The maximum Gasteiger partial charge on any atom is 0.142 e. The second kappa shape index (κ2) is 6.50. The molecule has 0 heterocycles.